The van der Waals surface area contributed by atoms with Gasteiger partial charge in [-0.05, 0) is 32.6 Å². The molecule has 2 N–H and O–H groups in total. The van der Waals surface area contributed by atoms with Crippen molar-refractivity contribution < 1.29 is 14.6 Å². The fraction of sp³-hybridized carbons (Fsp3) is 0.692. The number of carbonyl (C=O) groups is 1. The van der Waals surface area contributed by atoms with Gasteiger partial charge >= 0.3 is 5.97 Å². The van der Waals surface area contributed by atoms with Crippen molar-refractivity contribution in [2.24, 2.45) is 0 Å². The molecule has 0 aliphatic heterocycles. The van der Waals surface area contributed by atoms with Gasteiger partial charge in [0, 0.05) is 12.8 Å². The largest absolute Gasteiger partial charge is 0.481 e. The van der Waals surface area contributed by atoms with Crippen molar-refractivity contribution in [1.82, 2.24) is 9.97 Å². The summed E-state index contributed by atoms with van der Waals surface area (Å²) in [5.74, 6) is -0.521. The monoisotopic (exact) mass is 252 g/mol. The summed E-state index contributed by atoms with van der Waals surface area (Å²) in [4.78, 5) is 19.0. The summed E-state index contributed by atoms with van der Waals surface area (Å²) in [5, 5.41) is 9.23. The molecule has 0 aromatic carbocycles. The van der Waals surface area contributed by atoms with Crippen LogP contribution in [0.5, 0.6) is 0 Å². The van der Waals surface area contributed by atoms with E-state index in [1.165, 1.54) is 0 Å². The number of ether oxygens (including phenoxy) is 1. The molecular weight excluding hydrogens is 232 g/mol. The van der Waals surface area contributed by atoms with Crippen LogP contribution in [0.4, 0.5) is 0 Å². The molecule has 0 amide bonds. The zero-order valence-corrected chi connectivity index (χ0v) is 11.1. The van der Waals surface area contributed by atoms with Gasteiger partial charge in [0.2, 0.25) is 0 Å². The number of aliphatic carboxylic acids is 1. The first kappa shape index (κ1) is 13.1. The van der Waals surface area contributed by atoms with Crippen molar-refractivity contribution in [2.45, 2.75) is 51.0 Å². The zero-order valence-electron chi connectivity index (χ0n) is 11.1. The van der Waals surface area contributed by atoms with Crippen LogP contribution < -0.4 is 0 Å². The zero-order chi connectivity index (χ0) is 13.3. The molecule has 2 rings (SSSR count). The molecule has 1 aromatic rings. The highest BCUT2D eigenvalue weighted by molar-refractivity contribution is 5.76. The summed E-state index contributed by atoms with van der Waals surface area (Å²) in [6.07, 6.45) is 3.22. The Hall–Kier alpha value is -1.36. The number of imidazole rings is 1. The molecule has 0 bridgehead atoms. The van der Waals surface area contributed by atoms with E-state index >= 15 is 0 Å². The number of hydrogen-bond donors (Lipinski definition) is 2. The van der Waals surface area contributed by atoms with Crippen LogP contribution in [0.3, 0.4) is 0 Å². The minimum atomic E-state index is -0.787. The van der Waals surface area contributed by atoms with Gasteiger partial charge in [0.15, 0.2) is 0 Å². The summed E-state index contributed by atoms with van der Waals surface area (Å²) in [6, 6.07) is 0. The molecule has 0 saturated heterocycles. The molecule has 1 aliphatic carbocycles. The van der Waals surface area contributed by atoms with E-state index in [1.807, 2.05) is 13.8 Å². The van der Waals surface area contributed by atoms with Gasteiger partial charge in [-0.3, -0.25) is 4.79 Å². The Morgan fingerprint density at radius 1 is 1.67 bits per heavy atom. The number of aryl methyl sites for hydroxylation is 1. The maximum absolute atomic E-state index is 11.2. The van der Waals surface area contributed by atoms with E-state index in [0.717, 1.165) is 30.8 Å². The summed E-state index contributed by atoms with van der Waals surface area (Å²) in [6.45, 7) is 3.99. The number of carboxylic acid groups (broad SMARTS) is 1. The molecule has 5 heteroatoms. The maximum atomic E-state index is 11.2. The molecule has 0 radical (unpaired) electrons. The van der Waals surface area contributed by atoms with E-state index in [1.54, 1.807) is 7.11 Å². The second-order valence-electron chi connectivity index (χ2n) is 5.02. The SMILES string of the molecule is CCC(C)(OC)c1nc2c([nH]1)CCCC2C(=O)O. The third-order valence-corrected chi connectivity index (χ3v) is 3.98. The summed E-state index contributed by atoms with van der Waals surface area (Å²) < 4.78 is 5.51. The number of hydrogen-bond acceptors (Lipinski definition) is 3. The normalized spacial score (nSPS) is 22.3. The Labute approximate surface area is 107 Å². The van der Waals surface area contributed by atoms with E-state index in [9.17, 15) is 9.90 Å². The Morgan fingerprint density at radius 3 is 2.94 bits per heavy atom. The predicted molar refractivity (Wildman–Crippen MR) is 66.6 cm³/mol. The highest BCUT2D eigenvalue weighted by Crippen LogP contribution is 2.34. The lowest BCUT2D eigenvalue weighted by molar-refractivity contribution is -0.139. The van der Waals surface area contributed by atoms with Crippen LogP contribution in [0, 0.1) is 0 Å². The highest BCUT2D eigenvalue weighted by atomic mass is 16.5. The third-order valence-electron chi connectivity index (χ3n) is 3.98. The van der Waals surface area contributed by atoms with Crippen LogP contribution in [0.25, 0.3) is 0 Å². The summed E-state index contributed by atoms with van der Waals surface area (Å²) in [5.41, 5.74) is 1.18. The smallest absolute Gasteiger partial charge is 0.312 e. The number of nitrogens with one attached hydrogen (secondary N) is 1. The number of methoxy groups -OCH3 is 1. The van der Waals surface area contributed by atoms with Crippen LogP contribution >= 0.6 is 0 Å². The van der Waals surface area contributed by atoms with Gasteiger partial charge in [-0.25, -0.2) is 4.98 Å². The van der Waals surface area contributed by atoms with Crippen LogP contribution in [0.2, 0.25) is 0 Å². The van der Waals surface area contributed by atoms with Crippen molar-refractivity contribution >= 4 is 5.97 Å². The average molecular weight is 252 g/mol. The molecule has 1 aliphatic rings. The summed E-state index contributed by atoms with van der Waals surface area (Å²) in [7, 11) is 1.65. The quantitative estimate of drug-likeness (QED) is 0.861. The van der Waals surface area contributed by atoms with Gasteiger partial charge in [0.05, 0.1) is 5.69 Å². The minimum Gasteiger partial charge on any atom is -0.481 e. The molecule has 0 spiro atoms. The molecule has 2 unspecified atom stereocenters. The molecule has 2 atom stereocenters. The number of fused-ring (bicyclic) bond motifs is 1. The number of carboxylic acids is 1. The Morgan fingerprint density at radius 2 is 2.39 bits per heavy atom. The van der Waals surface area contributed by atoms with E-state index < -0.39 is 17.5 Å². The Kier molecular flexibility index (Phi) is 3.43. The van der Waals surface area contributed by atoms with Gasteiger partial charge in [-0.1, -0.05) is 6.92 Å². The van der Waals surface area contributed by atoms with E-state index in [0.29, 0.717) is 12.1 Å². The molecular formula is C13H20N2O3. The first-order chi connectivity index (χ1) is 8.51. The maximum Gasteiger partial charge on any atom is 0.312 e. The molecule has 100 valence electrons. The lowest BCUT2D eigenvalue weighted by Gasteiger charge is -2.23. The average Bonchev–Trinajstić information content (AvgIpc) is 2.81. The fourth-order valence-corrected chi connectivity index (χ4v) is 2.42. The first-order valence-corrected chi connectivity index (χ1v) is 6.39. The van der Waals surface area contributed by atoms with Crippen molar-refractivity contribution in [2.75, 3.05) is 7.11 Å². The Balaban J connectivity index is 2.41. The Bertz CT molecular complexity index is 449. The molecule has 18 heavy (non-hydrogen) atoms. The number of aromatic amines is 1. The van der Waals surface area contributed by atoms with Crippen molar-refractivity contribution in [1.29, 1.82) is 0 Å². The third kappa shape index (κ3) is 2.03. The van der Waals surface area contributed by atoms with Crippen LogP contribution in [0.15, 0.2) is 0 Å². The van der Waals surface area contributed by atoms with Crippen molar-refractivity contribution in [3.05, 3.63) is 17.2 Å². The van der Waals surface area contributed by atoms with Gasteiger partial charge in [-0.15, -0.1) is 0 Å². The second-order valence-corrected chi connectivity index (χ2v) is 5.02. The van der Waals surface area contributed by atoms with Crippen molar-refractivity contribution in [3.63, 3.8) is 0 Å². The number of rotatable bonds is 4. The van der Waals surface area contributed by atoms with Crippen molar-refractivity contribution in [3.8, 4) is 0 Å². The van der Waals surface area contributed by atoms with E-state index in [2.05, 4.69) is 9.97 Å². The van der Waals surface area contributed by atoms with Crippen LogP contribution in [-0.2, 0) is 21.6 Å². The molecule has 0 saturated carbocycles. The second kappa shape index (κ2) is 4.72. The first-order valence-electron chi connectivity index (χ1n) is 6.39. The lowest BCUT2D eigenvalue weighted by atomic mass is 9.90. The standard InChI is InChI=1S/C13H20N2O3/c1-4-13(2,18-3)12-14-9-7-5-6-8(11(16)17)10(9)15-12/h8H,4-7H2,1-3H3,(H,14,15)(H,16,17). The molecule has 1 heterocycles. The number of nitrogens with zero attached hydrogens (tertiary/aromatic N) is 1. The molecule has 1 aromatic heterocycles. The van der Waals surface area contributed by atoms with E-state index in [-0.39, 0.29) is 0 Å². The predicted octanol–water partition coefficient (Wildman–Crippen LogP) is 2.19. The number of aromatic nitrogens is 2. The fourth-order valence-electron chi connectivity index (χ4n) is 2.42. The number of H-pyrrole nitrogens is 1. The highest BCUT2D eigenvalue weighted by Gasteiger charge is 2.34. The van der Waals surface area contributed by atoms with Gasteiger partial charge < -0.3 is 14.8 Å². The molecule has 5 nitrogen and oxygen atoms in total. The minimum absolute atomic E-state index is 0.472. The van der Waals surface area contributed by atoms with Gasteiger partial charge in [-0.2, -0.15) is 0 Å². The van der Waals surface area contributed by atoms with Gasteiger partial charge in [0.25, 0.3) is 0 Å². The van der Waals surface area contributed by atoms with Crippen LogP contribution in [0.1, 0.15) is 56.2 Å². The summed E-state index contributed by atoms with van der Waals surface area (Å²) >= 11 is 0. The lowest BCUT2D eigenvalue weighted by Crippen LogP contribution is -2.25. The van der Waals surface area contributed by atoms with Gasteiger partial charge in [0.1, 0.15) is 17.3 Å². The molecule has 0 fully saturated rings. The van der Waals surface area contributed by atoms with Crippen LogP contribution in [-0.4, -0.2) is 28.2 Å². The van der Waals surface area contributed by atoms with E-state index in [4.69, 9.17) is 4.74 Å². The topological polar surface area (TPSA) is 75.2 Å².